The number of rotatable bonds is 1. The van der Waals surface area contributed by atoms with E-state index in [2.05, 4.69) is 11.8 Å². The molecule has 0 aliphatic carbocycles. The van der Waals surface area contributed by atoms with Gasteiger partial charge in [-0.2, -0.15) is 0 Å². The SMILES string of the molecule is Nc1cccc(C#CC=Cc2cccc(N)c2)c1. The smallest absolute Gasteiger partial charge is 0.0326 e. The molecule has 0 bridgehead atoms. The Balaban J connectivity index is 2.08. The predicted molar refractivity (Wildman–Crippen MR) is 77.6 cm³/mol. The van der Waals surface area contributed by atoms with Gasteiger partial charge in [0.25, 0.3) is 0 Å². The number of nitrogen functional groups attached to an aromatic ring is 2. The summed E-state index contributed by atoms with van der Waals surface area (Å²) in [4.78, 5) is 0. The second-order valence-corrected chi connectivity index (χ2v) is 3.90. The molecule has 0 fully saturated rings. The molecule has 0 saturated carbocycles. The van der Waals surface area contributed by atoms with Crippen LogP contribution in [-0.4, -0.2) is 0 Å². The Hall–Kier alpha value is -2.66. The van der Waals surface area contributed by atoms with Crippen molar-refractivity contribution in [2.24, 2.45) is 0 Å². The molecule has 88 valence electrons. The van der Waals surface area contributed by atoms with Gasteiger partial charge in [0.2, 0.25) is 0 Å². The van der Waals surface area contributed by atoms with Gasteiger partial charge in [0.15, 0.2) is 0 Å². The summed E-state index contributed by atoms with van der Waals surface area (Å²) in [5.41, 5.74) is 14.8. The second kappa shape index (κ2) is 5.60. The zero-order valence-electron chi connectivity index (χ0n) is 9.93. The average molecular weight is 234 g/mol. The van der Waals surface area contributed by atoms with Crippen LogP contribution in [0.2, 0.25) is 0 Å². The zero-order valence-corrected chi connectivity index (χ0v) is 9.93. The van der Waals surface area contributed by atoms with Gasteiger partial charge in [0, 0.05) is 16.9 Å². The molecule has 2 heteroatoms. The third-order valence-electron chi connectivity index (χ3n) is 2.37. The minimum absolute atomic E-state index is 0.724. The molecular weight excluding hydrogens is 220 g/mol. The Morgan fingerprint density at radius 1 is 0.889 bits per heavy atom. The first-order chi connectivity index (χ1) is 8.74. The van der Waals surface area contributed by atoms with Crippen molar-refractivity contribution < 1.29 is 0 Å². The number of anilines is 2. The topological polar surface area (TPSA) is 52.0 Å². The van der Waals surface area contributed by atoms with E-state index in [1.807, 2.05) is 54.6 Å². The van der Waals surface area contributed by atoms with Crippen LogP contribution in [0.1, 0.15) is 11.1 Å². The van der Waals surface area contributed by atoms with E-state index in [0.717, 1.165) is 22.5 Å². The molecule has 0 atom stereocenters. The fourth-order valence-corrected chi connectivity index (χ4v) is 1.54. The van der Waals surface area contributed by atoms with Gasteiger partial charge < -0.3 is 11.5 Å². The summed E-state index contributed by atoms with van der Waals surface area (Å²) in [6.45, 7) is 0. The van der Waals surface area contributed by atoms with Gasteiger partial charge >= 0.3 is 0 Å². The van der Waals surface area contributed by atoms with Crippen molar-refractivity contribution in [1.29, 1.82) is 0 Å². The molecule has 0 unspecified atom stereocenters. The molecule has 2 nitrogen and oxygen atoms in total. The van der Waals surface area contributed by atoms with Crippen molar-refractivity contribution >= 4 is 17.5 Å². The van der Waals surface area contributed by atoms with Crippen molar-refractivity contribution in [3.63, 3.8) is 0 Å². The molecule has 0 aromatic heterocycles. The van der Waals surface area contributed by atoms with Crippen molar-refractivity contribution in [3.8, 4) is 11.8 Å². The molecule has 2 aromatic rings. The molecule has 0 radical (unpaired) electrons. The number of allylic oxidation sites excluding steroid dienone is 1. The van der Waals surface area contributed by atoms with E-state index in [4.69, 9.17) is 11.5 Å². The van der Waals surface area contributed by atoms with E-state index >= 15 is 0 Å². The lowest BCUT2D eigenvalue weighted by molar-refractivity contribution is 1.63. The van der Waals surface area contributed by atoms with Crippen LogP contribution >= 0.6 is 0 Å². The number of benzene rings is 2. The Morgan fingerprint density at radius 2 is 1.61 bits per heavy atom. The van der Waals surface area contributed by atoms with Crippen LogP contribution in [0.4, 0.5) is 11.4 Å². The minimum Gasteiger partial charge on any atom is -0.399 e. The summed E-state index contributed by atoms with van der Waals surface area (Å²) in [5.74, 6) is 5.99. The largest absolute Gasteiger partial charge is 0.399 e. The summed E-state index contributed by atoms with van der Waals surface area (Å²) < 4.78 is 0. The van der Waals surface area contributed by atoms with E-state index in [9.17, 15) is 0 Å². The number of hydrogen-bond acceptors (Lipinski definition) is 2. The minimum atomic E-state index is 0.724. The molecule has 0 aliphatic rings. The van der Waals surface area contributed by atoms with E-state index in [0.29, 0.717) is 0 Å². The van der Waals surface area contributed by atoms with E-state index in [1.165, 1.54) is 0 Å². The highest BCUT2D eigenvalue weighted by atomic mass is 14.5. The molecule has 4 N–H and O–H groups in total. The van der Waals surface area contributed by atoms with Crippen LogP contribution in [0.15, 0.2) is 54.6 Å². The Kier molecular flexibility index (Phi) is 3.68. The summed E-state index contributed by atoms with van der Waals surface area (Å²) in [7, 11) is 0. The number of nitrogens with two attached hydrogens (primary N) is 2. The Bertz CT molecular complexity index is 631. The Labute approximate surface area is 107 Å². The summed E-state index contributed by atoms with van der Waals surface area (Å²) in [5, 5.41) is 0. The van der Waals surface area contributed by atoms with E-state index < -0.39 is 0 Å². The first-order valence-electron chi connectivity index (χ1n) is 5.63. The average Bonchev–Trinajstić information content (AvgIpc) is 2.35. The van der Waals surface area contributed by atoms with Crippen LogP contribution in [0.25, 0.3) is 6.08 Å². The molecule has 0 aliphatic heterocycles. The van der Waals surface area contributed by atoms with Crippen LogP contribution in [0.3, 0.4) is 0 Å². The van der Waals surface area contributed by atoms with E-state index in [-0.39, 0.29) is 0 Å². The predicted octanol–water partition coefficient (Wildman–Crippen LogP) is 2.92. The van der Waals surface area contributed by atoms with Gasteiger partial charge in [-0.15, -0.1) is 0 Å². The molecule has 2 rings (SSSR count). The van der Waals surface area contributed by atoms with Gasteiger partial charge in [-0.25, -0.2) is 0 Å². The molecule has 0 heterocycles. The van der Waals surface area contributed by atoms with Crippen LogP contribution in [0.5, 0.6) is 0 Å². The standard InChI is InChI=1S/C16H14N2/c17-15-9-3-7-13(11-15)5-1-2-6-14-8-4-10-16(18)12-14/h1,3-5,7-12H,17-18H2. The van der Waals surface area contributed by atoms with Gasteiger partial charge in [0.1, 0.15) is 0 Å². The quantitative estimate of drug-likeness (QED) is 0.589. The van der Waals surface area contributed by atoms with Gasteiger partial charge in [-0.05, 0) is 48.0 Å². The van der Waals surface area contributed by atoms with Crippen molar-refractivity contribution in [2.75, 3.05) is 11.5 Å². The summed E-state index contributed by atoms with van der Waals surface area (Å²) >= 11 is 0. The molecule has 0 amide bonds. The first-order valence-corrected chi connectivity index (χ1v) is 5.63. The second-order valence-electron chi connectivity index (χ2n) is 3.90. The lowest BCUT2D eigenvalue weighted by atomic mass is 10.2. The number of hydrogen-bond donors (Lipinski definition) is 2. The maximum Gasteiger partial charge on any atom is 0.0326 e. The fraction of sp³-hybridized carbons (Fsp3) is 0. The zero-order chi connectivity index (χ0) is 12.8. The maximum atomic E-state index is 5.69. The normalized spacial score (nSPS) is 10.0. The monoisotopic (exact) mass is 234 g/mol. The molecule has 0 spiro atoms. The van der Waals surface area contributed by atoms with Crippen LogP contribution in [0, 0.1) is 11.8 Å². The molecule has 2 aromatic carbocycles. The van der Waals surface area contributed by atoms with Gasteiger partial charge in [0.05, 0.1) is 0 Å². The summed E-state index contributed by atoms with van der Waals surface area (Å²) in [6, 6.07) is 15.2. The molecule has 0 saturated heterocycles. The third-order valence-corrected chi connectivity index (χ3v) is 2.37. The van der Waals surface area contributed by atoms with Crippen LogP contribution < -0.4 is 11.5 Å². The highest BCUT2D eigenvalue weighted by molar-refractivity contribution is 5.58. The molecular formula is C16H14N2. The fourth-order valence-electron chi connectivity index (χ4n) is 1.54. The van der Waals surface area contributed by atoms with E-state index in [1.54, 1.807) is 6.08 Å². The highest BCUT2D eigenvalue weighted by Crippen LogP contribution is 2.08. The first kappa shape index (κ1) is 11.8. The Morgan fingerprint density at radius 3 is 2.33 bits per heavy atom. The summed E-state index contributed by atoms with van der Waals surface area (Å²) in [6.07, 6.45) is 3.73. The maximum absolute atomic E-state index is 5.69. The van der Waals surface area contributed by atoms with Crippen molar-refractivity contribution in [3.05, 3.63) is 65.7 Å². The van der Waals surface area contributed by atoms with Crippen molar-refractivity contribution in [1.82, 2.24) is 0 Å². The van der Waals surface area contributed by atoms with Gasteiger partial charge in [-0.3, -0.25) is 0 Å². The molecule has 18 heavy (non-hydrogen) atoms. The van der Waals surface area contributed by atoms with Crippen LogP contribution in [-0.2, 0) is 0 Å². The third kappa shape index (κ3) is 3.43. The van der Waals surface area contributed by atoms with Gasteiger partial charge in [-0.1, -0.05) is 30.0 Å². The van der Waals surface area contributed by atoms with Crippen molar-refractivity contribution in [2.45, 2.75) is 0 Å². The highest BCUT2D eigenvalue weighted by Gasteiger charge is 1.87. The lowest BCUT2D eigenvalue weighted by Crippen LogP contribution is -1.84. The lowest BCUT2D eigenvalue weighted by Gasteiger charge is -1.93.